The summed E-state index contributed by atoms with van der Waals surface area (Å²) in [6, 6.07) is 5.37. The molecular weight excluding hydrogens is 242 g/mol. The molecule has 15 heavy (non-hydrogen) atoms. The van der Waals surface area contributed by atoms with Gasteiger partial charge in [0, 0.05) is 5.56 Å². The van der Waals surface area contributed by atoms with E-state index in [4.69, 9.17) is 17.3 Å². The van der Waals surface area contributed by atoms with Crippen LogP contribution in [0.4, 0.5) is 0 Å². The first kappa shape index (κ1) is 11.8. The van der Waals surface area contributed by atoms with Crippen LogP contribution in [0, 0.1) is 0 Å². The SMILES string of the molecule is NC(=O)c1ccc(OS(=O)(=O)CCl)cc1. The van der Waals surface area contributed by atoms with Crippen molar-refractivity contribution in [3.63, 3.8) is 0 Å². The van der Waals surface area contributed by atoms with Gasteiger partial charge in [0.05, 0.1) is 0 Å². The van der Waals surface area contributed by atoms with Crippen LogP contribution in [0.3, 0.4) is 0 Å². The van der Waals surface area contributed by atoms with E-state index in [1.807, 2.05) is 0 Å². The molecule has 0 bridgehead atoms. The van der Waals surface area contributed by atoms with Gasteiger partial charge < -0.3 is 9.92 Å². The van der Waals surface area contributed by atoms with Gasteiger partial charge in [-0.05, 0) is 24.3 Å². The summed E-state index contributed by atoms with van der Waals surface area (Å²) in [5, 5.41) is -0.634. The summed E-state index contributed by atoms with van der Waals surface area (Å²) in [6.45, 7) is 0. The molecule has 0 saturated carbocycles. The zero-order valence-electron chi connectivity index (χ0n) is 7.51. The summed E-state index contributed by atoms with van der Waals surface area (Å²) in [5.41, 5.74) is 5.27. The lowest BCUT2D eigenvalue weighted by Crippen LogP contribution is -2.12. The molecule has 0 aliphatic rings. The second kappa shape index (κ2) is 4.50. The molecule has 0 unspecified atom stereocenters. The summed E-state index contributed by atoms with van der Waals surface area (Å²) in [4.78, 5) is 10.7. The van der Waals surface area contributed by atoms with Crippen molar-refractivity contribution < 1.29 is 17.4 Å². The van der Waals surface area contributed by atoms with E-state index in [1.54, 1.807) is 0 Å². The molecule has 7 heteroatoms. The van der Waals surface area contributed by atoms with Gasteiger partial charge in [0.25, 0.3) is 0 Å². The summed E-state index contributed by atoms with van der Waals surface area (Å²) in [6.07, 6.45) is 0. The second-order valence-electron chi connectivity index (χ2n) is 2.64. The van der Waals surface area contributed by atoms with E-state index in [-0.39, 0.29) is 11.3 Å². The van der Waals surface area contributed by atoms with Crippen molar-refractivity contribution >= 4 is 27.6 Å². The molecule has 1 aromatic carbocycles. The van der Waals surface area contributed by atoms with Gasteiger partial charge in [-0.1, -0.05) is 0 Å². The Morgan fingerprint density at radius 1 is 1.33 bits per heavy atom. The predicted octanol–water partition coefficient (Wildman–Crippen LogP) is 0.690. The fourth-order valence-corrected chi connectivity index (χ4v) is 1.43. The van der Waals surface area contributed by atoms with E-state index in [0.29, 0.717) is 0 Å². The zero-order chi connectivity index (χ0) is 11.5. The van der Waals surface area contributed by atoms with Gasteiger partial charge in [-0.15, -0.1) is 11.6 Å². The highest BCUT2D eigenvalue weighted by Crippen LogP contribution is 2.14. The van der Waals surface area contributed by atoms with Gasteiger partial charge in [0.2, 0.25) is 5.91 Å². The first-order valence-electron chi connectivity index (χ1n) is 3.82. The third-order valence-corrected chi connectivity index (χ3v) is 3.01. The fraction of sp³-hybridized carbons (Fsp3) is 0.125. The lowest BCUT2D eigenvalue weighted by atomic mass is 10.2. The Hall–Kier alpha value is -1.27. The molecule has 0 saturated heterocycles. The number of primary amides is 1. The Kier molecular flexibility index (Phi) is 3.54. The Morgan fingerprint density at radius 2 is 1.87 bits per heavy atom. The highest BCUT2D eigenvalue weighted by molar-refractivity contribution is 7.88. The Labute approximate surface area is 91.9 Å². The number of hydrogen-bond donors (Lipinski definition) is 1. The maximum absolute atomic E-state index is 10.9. The number of nitrogens with two attached hydrogens (primary N) is 1. The summed E-state index contributed by atoms with van der Waals surface area (Å²) < 4.78 is 26.5. The number of rotatable bonds is 4. The second-order valence-corrected chi connectivity index (χ2v) is 4.79. The number of benzene rings is 1. The number of hydrogen-bond acceptors (Lipinski definition) is 4. The quantitative estimate of drug-likeness (QED) is 0.628. The molecule has 1 rings (SSSR count). The minimum Gasteiger partial charge on any atom is -0.382 e. The van der Waals surface area contributed by atoms with Crippen molar-refractivity contribution in [3.8, 4) is 5.75 Å². The van der Waals surface area contributed by atoms with Crippen molar-refractivity contribution in [2.75, 3.05) is 5.21 Å². The van der Waals surface area contributed by atoms with Crippen LogP contribution in [0.25, 0.3) is 0 Å². The van der Waals surface area contributed by atoms with E-state index in [1.165, 1.54) is 24.3 Å². The van der Waals surface area contributed by atoms with Gasteiger partial charge in [-0.3, -0.25) is 4.79 Å². The smallest absolute Gasteiger partial charge is 0.323 e. The van der Waals surface area contributed by atoms with E-state index in [2.05, 4.69) is 4.18 Å². The molecule has 0 aliphatic carbocycles. The molecule has 5 nitrogen and oxygen atoms in total. The lowest BCUT2D eigenvalue weighted by Gasteiger charge is -2.03. The maximum atomic E-state index is 10.9. The van der Waals surface area contributed by atoms with Crippen molar-refractivity contribution in [2.24, 2.45) is 5.73 Å². The fourth-order valence-electron chi connectivity index (χ4n) is 0.844. The van der Waals surface area contributed by atoms with Crippen molar-refractivity contribution in [2.45, 2.75) is 0 Å². The van der Waals surface area contributed by atoms with E-state index >= 15 is 0 Å². The largest absolute Gasteiger partial charge is 0.382 e. The van der Waals surface area contributed by atoms with Crippen LogP contribution >= 0.6 is 11.6 Å². The first-order valence-corrected chi connectivity index (χ1v) is 5.94. The average Bonchev–Trinajstić information content (AvgIpc) is 2.18. The van der Waals surface area contributed by atoms with Crippen LogP contribution in [0.2, 0.25) is 0 Å². The lowest BCUT2D eigenvalue weighted by molar-refractivity contribution is 0.100. The molecule has 0 aliphatic heterocycles. The van der Waals surface area contributed by atoms with E-state index in [9.17, 15) is 13.2 Å². The molecule has 0 radical (unpaired) electrons. The Balaban J connectivity index is 2.86. The Bertz CT molecular complexity index is 454. The first-order chi connectivity index (χ1) is 6.94. The number of alkyl halides is 1. The average molecular weight is 250 g/mol. The van der Waals surface area contributed by atoms with Crippen molar-refractivity contribution in [1.82, 2.24) is 0 Å². The minimum atomic E-state index is -3.76. The van der Waals surface area contributed by atoms with Gasteiger partial charge in [0.15, 0.2) is 5.21 Å². The highest BCUT2D eigenvalue weighted by atomic mass is 35.5. The number of carbonyl (C=O) groups is 1. The standard InChI is InChI=1S/C8H8ClNO4S/c9-5-15(12,13)14-7-3-1-6(2-4-7)8(10)11/h1-4H,5H2,(H2,10,11). The van der Waals surface area contributed by atoms with Gasteiger partial charge in [0.1, 0.15) is 5.75 Å². The highest BCUT2D eigenvalue weighted by Gasteiger charge is 2.10. The molecule has 1 amide bonds. The van der Waals surface area contributed by atoms with Crippen LogP contribution in [-0.4, -0.2) is 19.5 Å². The number of amides is 1. The third-order valence-electron chi connectivity index (χ3n) is 1.50. The van der Waals surface area contributed by atoms with Crippen LogP contribution in [-0.2, 0) is 10.1 Å². The molecule has 0 fully saturated rings. The molecule has 1 aromatic rings. The zero-order valence-corrected chi connectivity index (χ0v) is 9.09. The molecule has 0 spiro atoms. The minimum absolute atomic E-state index is 0.0839. The van der Waals surface area contributed by atoms with Crippen molar-refractivity contribution in [3.05, 3.63) is 29.8 Å². The predicted molar refractivity (Wildman–Crippen MR) is 55.2 cm³/mol. The van der Waals surface area contributed by atoms with Crippen LogP contribution in [0.15, 0.2) is 24.3 Å². The van der Waals surface area contributed by atoms with Crippen LogP contribution < -0.4 is 9.92 Å². The van der Waals surface area contributed by atoms with Crippen LogP contribution in [0.1, 0.15) is 10.4 Å². The number of halogens is 1. The monoisotopic (exact) mass is 249 g/mol. The molecule has 2 N–H and O–H groups in total. The summed E-state index contributed by atoms with van der Waals surface area (Å²) in [7, 11) is -3.76. The molecule has 0 atom stereocenters. The Morgan fingerprint density at radius 3 is 2.27 bits per heavy atom. The van der Waals surface area contributed by atoms with Gasteiger partial charge >= 0.3 is 10.1 Å². The van der Waals surface area contributed by atoms with E-state index < -0.39 is 21.2 Å². The van der Waals surface area contributed by atoms with Gasteiger partial charge in [-0.2, -0.15) is 8.42 Å². The molecule has 0 heterocycles. The summed E-state index contributed by atoms with van der Waals surface area (Å²) in [5.74, 6) is -0.512. The normalized spacial score (nSPS) is 11.0. The molecular formula is C8H8ClNO4S. The molecule has 0 aromatic heterocycles. The summed E-state index contributed by atoms with van der Waals surface area (Å²) >= 11 is 5.14. The topological polar surface area (TPSA) is 86.5 Å². The molecule has 82 valence electrons. The maximum Gasteiger partial charge on any atom is 0.323 e. The van der Waals surface area contributed by atoms with Crippen molar-refractivity contribution in [1.29, 1.82) is 0 Å². The van der Waals surface area contributed by atoms with E-state index in [0.717, 1.165) is 0 Å². The van der Waals surface area contributed by atoms with Crippen LogP contribution in [0.5, 0.6) is 5.75 Å². The third kappa shape index (κ3) is 3.41. The number of carbonyl (C=O) groups excluding carboxylic acids is 1. The van der Waals surface area contributed by atoms with Gasteiger partial charge in [-0.25, -0.2) is 0 Å².